The summed E-state index contributed by atoms with van der Waals surface area (Å²) in [7, 11) is 0. The standard InChI is InChI=1S/C42H26Br2/c1-23-11-15-29-27-7-3-5-9-33(27)41(35(29)19-23)37-21-25(43)13-17-31(37)40-39(41)32-18-14-26(44)22-38(32)42(40)34-10-6-4-8-28(34)30-16-12-24(2)20-36(30)42/h3-22H,1-2H3. The molecule has 0 saturated carbocycles. The van der Waals surface area contributed by atoms with E-state index < -0.39 is 10.8 Å². The summed E-state index contributed by atoms with van der Waals surface area (Å²) < 4.78 is 2.23. The molecule has 0 saturated heterocycles. The van der Waals surface area contributed by atoms with E-state index in [2.05, 4.69) is 167 Å². The third kappa shape index (κ3) is 2.74. The van der Waals surface area contributed by atoms with Gasteiger partial charge in [0.1, 0.15) is 0 Å². The van der Waals surface area contributed by atoms with E-state index in [9.17, 15) is 0 Å². The zero-order valence-electron chi connectivity index (χ0n) is 24.3. The third-order valence-electron chi connectivity index (χ3n) is 10.7. The van der Waals surface area contributed by atoms with Crippen LogP contribution in [-0.4, -0.2) is 0 Å². The Morgan fingerprint density at radius 3 is 1.18 bits per heavy atom. The van der Waals surface area contributed by atoms with Crippen LogP contribution in [0.15, 0.2) is 130 Å². The molecule has 0 N–H and O–H groups in total. The maximum absolute atomic E-state index is 3.92. The fourth-order valence-electron chi connectivity index (χ4n) is 9.31. The molecule has 44 heavy (non-hydrogen) atoms. The number of allylic oxidation sites excluding steroid dienone is 2. The van der Waals surface area contributed by atoms with Crippen molar-refractivity contribution in [2.24, 2.45) is 0 Å². The summed E-state index contributed by atoms with van der Waals surface area (Å²) >= 11 is 7.84. The number of hydrogen-bond acceptors (Lipinski definition) is 0. The van der Waals surface area contributed by atoms with Crippen LogP contribution in [0.3, 0.4) is 0 Å². The number of halogens is 2. The first kappa shape index (κ1) is 25.4. The Labute approximate surface area is 274 Å². The zero-order chi connectivity index (χ0) is 29.5. The summed E-state index contributed by atoms with van der Waals surface area (Å²) in [5.41, 5.74) is 21.0. The number of aryl methyl sites for hydroxylation is 2. The molecule has 10 rings (SSSR count). The maximum Gasteiger partial charge on any atom is 0.0729 e. The van der Waals surface area contributed by atoms with Crippen LogP contribution in [0.5, 0.6) is 0 Å². The number of hydrogen-bond donors (Lipinski definition) is 0. The molecule has 6 aromatic carbocycles. The largest absolute Gasteiger partial charge is 0.0729 e. The first-order chi connectivity index (χ1) is 21.5. The molecule has 0 nitrogen and oxygen atoms in total. The SMILES string of the molecule is Cc1ccc2c(c1)C1(C3=C(c4ccc(Br)cc41)C1(c4cc(Br)ccc43)c3ccccc3-c3ccc(C)cc31)c1ccccc1-2. The second-order valence-corrected chi connectivity index (χ2v) is 14.7. The van der Waals surface area contributed by atoms with Crippen molar-refractivity contribution < 1.29 is 0 Å². The van der Waals surface area contributed by atoms with Gasteiger partial charge in [-0.25, -0.2) is 0 Å². The Balaban J connectivity index is 1.49. The smallest absolute Gasteiger partial charge is 0.0619 e. The fourth-order valence-corrected chi connectivity index (χ4v) is 10.0. The Morgan fingerprint density at radius 1 is 0.364 bits per heavy atom. The second kappa shape index (κ2) is 8.38. The number of rotatable bonds is 0. The molecule has 6 aromatic rings. The Hall–Kier alpha value is -3.98. The lowest BCUT2D eigenvalue weighted by molar-refractivity contribution is 0.824. The van der Waals surface area contributed by atoms with Gasteiger partial charge in [-0.1, -0.05) is 140 Å². The van der Waals surface area contributed by atoms with Crippen molar-refractivity contribution in [3.8, 4) is 22.3 Å². The lowest BCUT2D eigenvalue weighted by Gasteiger charge is -2.35. The summed E-state index contributed by atoms with van der Waals surface area (Å²) in [6.45, 7) is 4.47. The van der Waals surface area contributed by atoms with Gasteiger partial charge in [-0.05, 0) is 116 Å². The van der Waals surface area contributed by atoms with E-state index in [1.807, 2.05) is 0 Å². The minimum Gasteiger partial charge on any atom is -0.0619 e. The average Bonchev–Trinajstić information content (AvgIpc) is 3.69. The van der Waals surface area contributed by atoms with Gasteiger partial charge in [-0.2, -0.15) is 0 Å². The summed E-state index contributed by atoms with van der Waals surface area (Å²) in [4.78, 5) is 0. The fraction of sp³-hybridized carbons (Fsp3) is 0.0952. The monoisotopic (exact) mass is 688 g/mol. The highest BCUT2D eigenvalue weighted by atomic mass is 79.9. The molecule has 0 radical (unpaired) electrons. The van der Waals surface area contributed by atoms with E-state index >= 15 is 0 Å². The maximum atomic E-state index is 3.92. The van der Waals surface area contributed by atoms with E-state index in [4.69, 9.17) is 0 Å². The lowest BCUT2D eigenvalue weighted by Crippen LogP contribution is -2.28. The van der Waals surface area contributed by atoms with E-state index in [1.165, 1.54) is 89.0 Å². The number of benzene rings is 6. The van der Waals surface area contributed by atoms with E-state index in [-0.39, 0.29) is 0 Å². The Morgan fingerprint density at radius 2 is 0.727 bits per heavy atom. The first-order valence-electron chi connectivity index (χ1n) is 15.2. The highest BCUT2D eigenvalue weighted by Gasteiger charge is 2.63. The van der Waals surface area contributed by atoms with Crippen molar-refractivity contribution in [3.05, 3.63) is 186 Å². The van der Waals surface area contributed by atoms with E-state index in [0.717, 1.165) is 8.95 Å². The molecule has 0 fully saturated rings. The van der Waals surface area contributed by atoms with Crippen molar-refractivity contribution in [2.75, 3.05) is 0 Å². The van der Waals surface area contributed by atoms with Gasteiger partial charge in [-0.15, -0.1) is 0 Å². The molecule has 0 bridgehead atoms. The molecule has 4 aliphatic carbocycles. The molecule has 208 valence electrons. The van der Waals surface area contributed by atoms with Gasteiger partial charge in [0.15, 0.2) is 0 Å². The van der Waals surface area contributed by atoms with Crippen LogP contribution in [0.4, 0.5) is 0 Å². The van der Waals surface area contributed by atoms with Crippen LogP contribution < -0.4 is 0 Å². The molecule has 4 aliphatic rings. The molecule has 2 spiro atoms. The summed E-state index contributed by atoms with van der Waals surface area (Å²) in [5, 5.41) is 0. The van der Waals surface area contributed by atoms with Crippen LogP contribution in [0.25, 0.3) is 33.4 Å². The van der Waals surface area contributed by atoms with Gasteiger partial charge >= 0.3 is 0 Å². The van der Waals surface area contributed by atoms with Gasteiger partial charge in [0.05, 0.1) is 10.8 Å². The van der Waals surface area contributed by atoms with Gasteiger partial charge in [0, 0.05) is 8.95 Å². The molecule has 2 unspecified atom stereocenters. The summed E-state index contributed by atoms with van der Waals surface area (Å²) in [5.74, 6) is 0. The van der Waals surface area contributed by atoms with Gasteiger partial charge < -0.3 is 0 Å². The second-order valence-electron chi connectivity index (χ2n) is 12.8. The van der Waals surface area contributed by atoms with Crippen molar-refractivity contribution in [1.82, 2.24) is 0 Å². The predicted molar refractivity (Wildman–Crippen MR) is 188 cm³/mol. The zero-order valence-corrected chi connectivity index (χ0v) is 27.5. The lowest BCUT2D eigenvalue weighted by atomic mass is 9.66. The Kier molecular flexibility index (Phi) is 4.83. The van der Waals surface area contributed by atoms with Gasteiger partial charge in [-0.3, -0.25) is 0 Å². The molecule has 0 amide bonds. The first-order valence-corrected chi connectivity index (χ1v) is 16.8. The highest BCUT2D eigenvalue weighted by Crippen LogP contribution is 2.74. The van der Waals surface area contributed by atoms with Crippen LogP contribution in [0, 0.1) is 13.8 Å². The van der Waals surface area contributed by atoms with Crippen molar-refractivity contribution in [2.45, 2.75) is 24.7 Å². The van der Waals surface area contributed by atoms with Gasteiger partial charge in [0.25, 0.3) is 0 Å². The predicted octanol–water partition coefficient (Wildman–Crippen LogP) is 11.4. The highest BCUT2D eigenvalue weighted by molar-refractivity contribution is 9.10. The van der Waals surface area contributed by atoms with Crippen LogP contribution >= 0.6 is 31.9 Å². The average molecular weight is 690 g/mol. The molecule has 2 heteroatoms. The minimum absolute atomic E-state index is 0.431. The van der Waals surface area contributed by atoms with Crippen LogP contribution in [0.2, 0.25) is 0 Å². The van der Waals surface area contributed by atoms with Crippen molar-refractivity contribution in [1.29, 1.82) is 0 Å². The molecule has 0 aliphatic heterocycles. The molecular formula is C42H26Br2. The van der Waals surface area contributed by atoms with Crippen LogP contribution in [-0.2, 0) is 10.8 Å². The normalized spacial score (nSPS) is 20.8. The quantitative estimate of drug-likeness (QED) is 0.149. The molecular weight excluding hydrogens is 664 g/mol. The molecule has 2 atom stereocenters. The third-order valence-corrected chi connectivity index (χ3v) is 11.7. The van der Waals surface area contributed by atoms with E-state index in [0.29, 0.717) is 0 Å². The van der Waals surface area contributed by atoms with E-state index in [1.54, 1.807) is 0 Å². The summed E-state index contributed by atoms with van der Waals surface area (Å²) in [6, 6.07) is 46.5. The van der Waals surface area contributed by atoms with Crippen molar-refractivity contribution >= 4 is 43.0 Å². The van der Waals surface area contributed by atoms with Crippen LogP contribution in [0.1, 0.15) is 55.6 Å². The topological polar surface area (TPSA) is 0 Å². The molecule has 0 aromatic heterocycles. The summed E-state index contributed by atoms with van der Waals surface area (Å²) in [6.07, 6.45) is 0. The van der Waals surface area contributed by atoms with Gasteiger partial charge in [0.2, 0.25) is 0 Å². The van der Waals surface area contributed by atoms with Crippen molar-refractivity contribution in [3.63, 3.8) is 0 Å². The Bertz CT molecular complexity index is 2180. The minimum atomic E-state index is -0.431. The number of fused-ring (bicyclic) bond motifs is 18. The molecule has 0 heterocycles.